The van der Waals surface area contributed by atoms with Crippen molar-refractivity contribution in [1.82, 2.24) is 4.31 Å². The lowest BCUT2D eigenvalue weighted by atomic mass is 10.1. The number of carbonyl (C=O) groups excluding carboxylic acids is 2. The van der Waals surface area contributed by atoms with Gasteiger partial charge in [-0.05, 0) is 68.1 Å². The number of thioether (sulfide) groups is 1. The van der Waals surface area contributed by atoms with E-state index in [4.69, 9.17) is 0 Å². The molecular weight excluding hydrogens is 378 g/mol. The van der Waals surface area contributed by atoms with Gasteiger partial charge in [0.1, 0.15) is 0 Å². The van der Waals surface area contributed by atoms with E-state index >= 15 is 0 Å². The van der Waals surface area contributed by atoms with Gasteiger partial charge in [0.15, 0.2) is 0 Å². The van der Waals surface area contributed by atoms with E-state index in [0.717, 1.165) is 28.6 Å². The van der Waals surface area contributed by atoms with Crippen molar-refractivity contribution in [1.29, 1.82) is 0 Å². The summed E-state index contributed by atoms with van der Waals surface area (Å²) < 4.78 is 2.35. The predicted octanol–water partition coefficient (Wildman–Crippen LogP) is 4.47. The van der Waals surface area contributed by atoms with Crippen molar-refractivity contribution < 1.29 is 9.59 Å². The van der Waals surface area contributed by atoms with Crippen LogP contribution in [-0.2, 0) is 4.79 Å². The molecule has 27 heavy (non-hydrogen) atoms. The van der Waals surface area contributed by atoms with Crippen molar-refractivity contribution in [3.63, 3.8) is 0 Å². The second-order valence-corrected chi connectivity index (χ2v) is 9.22. The lowest BCUT2D eigenvalue weighted by Gasteiger charge is -2.21. The topological polar surface area (TPSA) is 61.4 Å². The smallest absolute Gasteiger partial charge is 0.255 e. The molecule has 0 bridgehead atoms. The highest BCUT2D eigenvalue weighted by atomic mass is 32.2. The van der Waals surface area contributed by atoms with Crippen molar-refractivity contribution in [2.24, 2.45) is 0 Å². The van der Waals surface area contributed by atoms with Crippen LogP contribution in [0.5, 0.6) is 0 Å². The van der Waals surface area contributed by atoms with Crippen LogP contribution in [0.15, 0.2) is 52.3 Å². The van der Waals surface area contributed by atoms with E-state index < -0.39 is 0 Å². The van der Waals surface area contributed by atoms with Crippen LogP contribution in [-0.4, -0.2) is 34.5 Å². The molecule has 2 amide bonds. The Kier molecular flexibility index (Phi) is 5.43. The first-order chi connectivity index (χ1) is 13.1. The van der Waals surface area contributed by atoms with E-state index in [2.05, 4.69) is 21.0 Å². The fourth-order valence-corrected chi connectivity index (χ4v) is 5.10. The molecule has 2 aromatic carbocycles. The quantitative estimate of drug-likeness (QED) is 0.743. The zero-order valence-electron chi connectivity index (χ0n) is 15.0. The SMILES string of the molecule is CC1Sc2ccc(C(=O)Nc3cccc(SN4CCCC4)c3)cc2NC1=O. The van der Waals surface area contributed by atoms with Gasteiger partial charge in [0, 0.05) is 34.1 Å². The number of nitrogens with zero attached hydrogens (tertiary/aromatic N) is 1. The highest BCUT2D eigenvalue weighted by molar-refractivity contribution is 8.01. The van der Waals surface area contributed by atoms with E-state index in [-0.39, 0.29) is 17.1 Å². The van der Waals surface area contributed by atoms with Crippen LogP contribution < -0.4 is 10.6 Å². The average Bonchev–Trinajstić information content (AvgIpc) is 3.15. The van der Waals surface area contributed by atoms with Gasteiger partial charge in [0.2, 0.25) is 5.91 Å². The van der Waals surface area contributed by atoms with E-state index in [1.165, 1.54) is 24.6 Å². The van der Waals surface area contributed by atoms with Gasteiger partial charge in [0.05, 0.1) is 10.9 Å². The molecule has 2 heterocycles. The number of benzene rings is 2. The Balaban J connectivity index is 1.46. The summed E-state index contributed by atoms with van der Waals surface area (Å²) in [7, 11) is 0. The van der Waals surface area contributed by atoms with Gasteiger partial charge >= 0.3 is 0 Å². The van der Waals surface area contributed by atoms with Gasteiger partial charge < -0.3 is 10.6 Å². The number of anilines is 2. The Morgan fingerprint density at radius 2 is 2.04 bits per heavy atom. The first-order valence-corrected chi connectivity index (χ1v) is 10.7. The zero-order valence-corrected chi connectivity index (χ0v) is 16.7. The number of carbonyl (C=O) groups is 2. The third-order valence-corrected chi connectivity index (χ3v) is 6.83. The fraction of sp³-hybridized carbons (Fsp3) is 0.300. The molecule has 0 saturated carbocycles. The molecule has 0 radical (unpaired) electrons. The van der Waals surface area contributed by atoms with Crippen LogP contribution in [0.1, 0.15) is 30.1 Å². The van der Waals surface area contributed by atoms with Gasteiger partial charge in [0.25, 0.3) is 5.91 Å². The number of amides is 2. The number of rotatable bonds is 4. The van der Waals surface area contributed by atoms with E-state index in [0.29, 0.717) is 11.3 Å². The summed E-state index contributed by atoms with van der Waals surface area (Å²) in [6.45, 7) is 4.09. The Bertz CT molecular complexity index is 881. The number of hydrogen-bond acceptors (Lipinski definition) is 5. The molecule has 1 atom stereocenters. The third kappa shape index (κ3) is 4.31. The molecule has 4 rings (SSSR count). The number of hydrogen-bond donors (Lipinski definition) is 2. The summed E-state index contributed by atoms with van der Waals surface area (Å²) in [5.74, 6) is -0.212. The molecule has 7 heteroatoms. The molecule has 2 aliphatic heterocycles. The van der Waals surface area contributed by atoms with Crippen molar-refractivity contribution in [2.45, 2.75) is 34.8 Å². The summed E-state index contributed by atoms with van der Waals surface area (Å²) in [4.78, 5) is 26.6. The summed E-state index contributed by atoms with van der Waals surface area (Å²) in [5, 5.41) is 5.71. The molecule has 0 spiro atoms. The summed E-state index contributed by atoms with van der Waals surface area (Å²) >= 11 is 3.25. The van der Waals surface area contributed by atoms with Gasteiger partial charge in [-0.15, -0.1) is 11.8 Å². The van der Waals surface area contributed by atoms with Crippen LogP contribution in [0.3, 0.4) is 0 Å². The normalized spacial score (nSPS) is 19.4. The minimum atomic E-state index is -0.181. The van der Waals surface area contributed by atoms with Gasteiger partial charge in [-0.3, -0.25) is 9.59 Å². The Morgan fingerprint density at radius 3 is 2.85 bits per heavy atom. The molecule has 140 valence electrons. The maximum absolute atomic E-state index is 12.7. The van der Waals surface area contributed by atoms with E-state index in [9.17, 15) is 9.59 Å². The average molecular weight is 400 g/mol. The number of nitrogens with one attached hydrogen (secondary N) is 2. The van der Waals surface area contributed by atoms with Crippen LogP contribution in [0.4, 0.5) is 11.4 Å². The monoisotopic (exact) mass is 399 g/mol. The third-order valence-electron chi connectivity index (χ3n) is 4.56. The van der Waals surface area contributed by atoms with Crippen molar-refractivity contribution in [2.75, 3.05) is 23.7 Å². The fourth-order valence-electron chi connectivity index (χ4n) is 3.11. The number of fused-ring (bicyclic) bond motifs is 1. The van der Waals surface area contributed by atoms with Crippen LogP contribution in [0, 0.1) is 0 Å². The molecule has 1 fully saturated rings. The van der Waals surface area contributed by atoms with Crippen molar-refractivity contribution >= 4 is 46.9 Å². The minimum absolute atomic E-state index is 0.0308. The summed E-state index contributed by atoms with van der Waals surface area (Å²) in [5.41, 5.74) is 2.00. The molecule has 0 aliphatic carbocycles. The Labute approximate surface area is 167 Å². The van der Waals surface area contributed by atoms with Gasteiger partial charge in [-0.1, -0.05) is 6.07 Å². The first kappa shape index (κ1) is 18.4. The molecule has 2 aromatic rings. The highest BCUT2D eigenvalue weighted by Gasteiger charge is 2.23. The molecule has 2 N–H and O–H groups in total. The summed E-state index contributed by atoms with van der Waals surface area (Å²) in [6, 6.07) is 13.3. The van der Waals surface area contributed by atoms with E-state index in [1.54, 1.807) is 24.1 Å². The van der Waals surface area contributed by atoms with Gasteiger partial charge in [-0.2, -0.15) is 0 Å². The molecule has 0 aromatic heterocycles. The minimum Gasteiger partial charge on any atom is -0.324 e. The lowest BCUT2D eigenvalue weighted by Crippen LogP contribution is -2.26. The lowest BCUT2D eigenvalue weighted by molar-refractivity contribution is -0.115. The zero-order chi connectivity index (χ0) is 18.8. The largest absolute Gasteiger partial charge is 0.324 e. The second kappa shape index (κ2) is 7.96. The van der Waals surface area contributed by atoms with Gasteiger partial charge in [-0.25, -0.2) is 4.31 Å². The molecule has 1 saturated heterocycles. The first-order valence-electron chi connectivity index (χ1n) is 9.04. The maximum Gasteiger partial charge on any atom is 0.255 e. The van der Waals surface area contributed by atoms with Crippen molar-refractivity contribution in [3.05, 3.63) is 48.0 Å². The van der Waals surface area contributed by atoms with E-state index in [1.807, 2.05) is 31.2 Å². The second-order valence-electron chi connectivity index (χ2n) is 6.67. The van der Waals surface area contributed by atoms with Crippen molar-refractivity contribution in [3.8, 4) is 0 Å². The molecule has 5 nitrogen and oxygen atoms in total. The standard InChI is InChI=1S/C20H21N3O2S2/c1-13-19(24)22-17-11-14(7-8-18(17)26-13)20(25)21-15-5-4-6-16(12-15)27-23-9-2-3-10-23/h4-8,11-13H,2-3,9-10H2,1H3,(H,21,25)(H,22,24). The highest BCUT2D eigenvalue weighted by Crippen LogP contribution is 2.36. The van der Waals surface area contributed by atoms with Crippen LogP contribution in [0.2, 0.25) is 0 Å². The molecule has 2 aliphatic rings. The van der Waals surface area contributed by atoms with Crippen LogP contribution >= 0.6 is 23.7 Å². The van der Waals surface area contributed by atoms with Crippen LogP contribution in [0.25, 0.3) is 0 Å². The molecule has 1 unspecified atom stereocenters. The Morgan fingerprint density at radius 1 is 1.22 bits per heavy atom. The predicted molar refractivity (Wildman–Crippen MR) is 111 cm³/mol. The Hall–Kier alpha value is -1.96. The maximum atomic E-state index is 12.7. The molecular formula is C20H21N3O2S2. The summed E-state index contributed by atoms with van der Waals surface area (Å²) in [6.07, 6.45) is 2.49.